The third-order valence-corrected chi connectivity index (χ3v) is 6.62. The molecule has 1 aliphatic heterocycles. The number of benzene rings is 1. The Balaban J connectivity index is 1.48. The van der Waals surface area contributed by atoms with Crippen LogP contribution in [0.3, 0.4) is 0 Å². The molecule has 5 rings (SSSR count). The van der Waals surface area contributed by atoms with Gasteiger partial charge in [-0.15, -0.1) is 0 Å². The number of nitrogens with zero attached hydrogens (tertiary/aromatic N) is 4. The summed E-state index contributed by atoms with van der Waals surface area (Å²) in [5.74, 6) is -0.0900. The van der Waals surface area contributed by atoms with Crippen molar-refractivity contribution in [2.45, 2.75) is 31.8 Å². The van der Waals surface area contributed by atoms with E-state index in [-0.39, 0.29) is 17.9 Å². The van der Waals surface area contributed by atoms with Gasteiger partial charge < -0.3 is 14.4 Å². The first-order valence-corrected chi connectivity index (χ1v) is 11.0. The molecule has 0 atom stereocenters. The average Bonchev–Trinajstić information content (AvgIpc) is 3.31. The Morgan fingerprint density at radius 1 is 1.09 bits per heavy atom. The molecule has 32 heavy (non-hydrogen) atoms. The Bertz CT molecular complexity index is 1260. The van der Waals surface area contributed by atoms with E-state index in [9.17, 15) is 9.90 Å². The zero-order chi connectivity index (χ0) is 22.1. The second kappa shape index (κ2) is 8.20. The summed E-state index contributed by atoms with van der Waals surface area (Å²) in [5.41, 5.74) is 5.22. The van der Waals surface area contributed by atoms with Crippen LogP contribution in [0.1, 0.15) is 45.7 Å². The summed E-state index contributed by atoms with van der Waals surface area (Å²) in [4.78, 5) is 24.3. The standard InChI is InChI=1S/C26H26N4O2/c1-19-6-5-13-30-17-23(28-24(19)30)26(21-7-3-2-4-8-21)10-14-29(15-11-26)25(32)22-16-20(18-31)9-12-27-22/h2-9,12-13,16-17,31H,10-11,14-15,18H2,1H3. The van der Waals surface area contributed by atoms with Crippen molar-refractivity contribution in [3.05, 3.63) is 101 Å². The first-order valence-electron chi connectivity index (χ1n) is 11.0. The van der Waals surface area contributed by atoms with Crippen LogP contribution in [0.15, 0.2) is 73.2 Å². The molecule has 0 spiro atoms. The van der Waals surface area contributed by atoms with E-state index in [2.05, 4.69) is 52.8 Å². The summed E-state index contributed by atoms with van der Waals surface area (Å²) in [7, 11) is 0. The minimum atomic E-state index is -0.253. The number of hydrogen-bond acceptors (Lipinski definition) is 4. The van der Waals surface area contributed by atoms with Crippen molar-refractivity contribution >= 4 is 11.6 Å². The Hall–Kier alpha value is -3.51. The van der Waals surface area contributed by atoms with Gasteiger partial charge in [0.05, 0.1) is 12.3 Å². The molecule has 6 heteroatoms. The molecule has 6 nitrogen and oxygen atoms in total. The molecule has 3 aromatic heterocycles. The lowest BCUT2D eigenvalue weighted by Crippen LogP contribution is -2.46. The highest BCUT2D eigenvalue weighted by Gasteiger charge is 2.41. The van der Waals surface area contributed by atoms with Gasteiger partial charge in [0, 0.05) is 37.1 Å². The maximum absolute atomic E-state index is 13.1. The van der Waals surface area contributed by atoms with Crippen LogP contribution >= 0.6 is 0 Å². The number of aryl methyl sites for hydroxylation is 1. The summed E-state index contributed by atoms with van der Waals surface area (Å²) in [5, 5.41) is 9.39. The van der Waals surface area contributed by atoms with Crippen molar-refractivity contribution in [1.29, 1.82) is 0 Å². The second-order valence-corrected chi connectivity index (χ2v) is 8.50. The lowest BCUT2D eigenvalue weighted by molar-refractivity contribution is 0.0678. The first kappa shape index (κ1) is 20.4. The van der Waals surface area contributed by atoms with E-state index < -0.39 is 0 Å². The first-order chi connectivity index (χ1) is 15.6. The van der Waals surface area contributed by atoms with E-state index in [1.807, 2.05) is 23.2 Å². The van der Waals surface area contributed by atoms with E-state index in [1.165, 1.54) is 5.56 Å². The van der Waals surface area contributed by atoms with E-state index in [1.54, 1.807) is 18.3 Å². The number of hydrogen-bond donors (Lipinski definition) is 1. The molecule has 0 saturated carbocycles. The molecule has 1 N–H and O–H groups in total. The molecule has 4 heterocycles. The zero-order valence-corrected chi connectivity index (χ0v) is 18.1. The molecule has 0 unspecified atom stereocenters. The quantitative estimate of drug-likeness (QED) is 0.540. The number of fused-ring (bicyclic) bond motifs is 1. The fraction of sp³-hybridized carbons (Fsp3) is 0.269. The predicted octanol–water partition coefficient (Wildman–Crippen LogP) is 3.75. The third-order valence-electron chi connectivity index (χ3n) is 6.62. The van der Waals surface area contributed by atoms with E-state index >= 15 is 0 Å². The molecule has 4 aromatic rings. The minimum absolute atomic E-state index is 0.0900. The zero-order valence-electron chi connectivity index (χ0n) is 18.1. The van der Waals surface area contributed by atoms with Gasteiger partial charge >= 0.3 is 0 Å². The van der Waals surface area contributed by atoms with Crippen LogP contribution in [0.2, 0.25) is 0 Å². The minimum Gasteiger partial charge on any atom is -0.392 e. The number of rotatable bonds is 4. The van der Waals surface area contributed by atoms with Crippen LogP contribution in [0.5, 0.6) is 0 Å². The van der Waals surface area contributed by atoms with Gasteiger partial charge in [0.1, 0.15) is 11.3 Å². The molecule has 1 saturated heterocycles. The molecular weight excluding hydrogens is 400 g/mol. The number of aliphatic hydroxyl groups is 1. The fourth-order valence-electron chi connectivity index (χ4n) is 4.78. The Morgan fingerprint density at radius 3 is 2.59 bits per heavy atom. The molecule has 1 aliphatic rings. The fourth-order valence-corrected chi connectivity index (χ4v) is 4.78. The lowest BCUT2D eigenvalue weighted by atomic mass is 9.70. The molecule has 0 aliphatic carbocycles. The number of imidazole rings is 1. The summed E-state index contributed by atoms with van der Waals surface area (Å²) < 4.78 is 2.09. The van der Waals surface area contributed by atoms with E-state index in [4.69, 9.17) is 4.98 Å². The van der Waals surface area contributed by atoms with Crippen molar-refractivity contribution < 1.29 is 9.90 Å². The largest absolute Gasteiger partial charge is 0.392 e. The van der Waals surface area contributed by atoms with Crippen LogP contribution < -0.4 is 0 Å². The summed E-state index contributed by atoms with van der Waals surface area (Å²) >= 11 is 0. The number of aliphatic hydroxyl groups excluding tert-OH is 1. The molecule has 162 valence electrons. The number of aromatic nitrogens is 3. The van der Waals surface area contributed by atoms with Gasteiger partial charge in [-0.05, 0) is 54.7 Å². The van der Waals surface area contributed by atoms with Crippen LogP contribution in [0.25, 0.3) is 5.65 Å². The maximum Gasteiger partial charge on any atom is 0.272 e. The SMILES string of the molecule is Cc1cccn2cc(C3(c4ccccc4)CCN(C(=O)c4cc(CO)ccn4)CC3)nc12. The normalized spacial score (nSPS) is 15.8. The molecule has 0 bridgehead atoms. The van der Waals surface area contributed by atoms with Crippen molar-refractivity contribution in [1.82, 2.24) is 19.3 Å². The summed E-state index contributed by atoms with van der Waals surface area (Å²) in [6.07, 6.45) is 7.32. The summed E-state index contributed by atoms with van der Waals surface area (Å²) in [6, 6.07) is 18.0. The highest BCUT2D eigenvalue weighted by Crippen LogP contribution is 2.41. The Kier molecular flexibility index (Phi) is 5.23. The molecule has 1 amide bonds. The monoisotopic (exact) mass is 426 g/mol. The highest BCUT2D eigenvalue weighted by atomic mass is 16.3. The van der Waals surface area contributed by atoms with Crippen LogP contribution in [-0.2, 0) is 12.0 Å². The van der Waals surface area contributed by atoms with Crippen LogP contribution in [0.4, 0.5) is 0 Å². The molecule has 0 radical (unpaired) electrons. The smallest absolute Gasteiger partial charge is 0.272 e. The van der Waals surface area contributed by atoms with Crippen LogP contribution in [0, 0.1) is 6.92 Å². The third kappa shape index (κ3) is 3.46. The number of pyridine rings is 2. The van der Waals surface area contributed by atoms with Gasteiger partial charge in [-0.25, -0.2) is 4.98 Å². The number of carbonyl (C=O) groups excluding carboxylic acids is 1. The van der Waals surface area contributed by atoms with Crippen molar-refractivity contribution in [2.75, 3.05) is 13.1 Å². The van der Waals surface area contributed by atoms with E-state index in [0.717, 1.165) is 29.7 Å². The van der Waals surface area contributed by atoms with Crippen molar-refractivity contribution in [3.63, 3.8) is 0 Å². The topological polar surface area (TPSA) is 70.7 Å². The molecule has 1 fully saturated rings. The Labute approximate surface area is 187 Å². The number of amides is 1. The van der Waals surface area contributed by atoms with Crippen LogP contribution in [-0.4, -0.2) is 43.4 Å². The van der Waals surface area contributed by atoms with Gasteiger partial charge in [-0.1, -0.05) is 36.4 Å². The molecular formula is C26H26N4O2. The number of piperidine rings is 1. The highest BCUT2D eigenvalue weighted by molar-refractivity contribution is 5.92. The molecule has 1 aromatic carbocycles. The second-order valence-electron chi connectivity index (χ2n) is 8.50. The lowest BCUT2D eigenvalue weighted by Gasteiger charge is -2.41. The van der Waals surface area contributed by atoms with Gasteiger partial charge in [0.15, 0.2) is 0 Å². The van der Waals surface area contributed by atoms with Crippen molar-refractivity contribution in [3.8, 4) is 0 Å². The number of likely N-dealkylation sites (tertiary alicyclic amines) is 1. The van der Waals surface area contributed by atoms with Gasteiger partial charge in [-0.2, -0.15) is 0 Å². The maximum atomic E-state index is 13.1. The van der Waals surface area contributed by atoms with Gasteiger partial charge in [0.2, 0.25) is 0 Å². The van der Waals surface area contributed by atoms with Gasteiger partial charge in [-0.3, -0.25) is 9.78 Å². The summed E-state index contributed by atoms with van der Waals surface area (Å²) in [6.45, 7) is 3.21. The number of carbonyl (C=O) groups is 1. The van der Waals surface area contributed by atoms with E-state index in [0.29, 0.717) is 24.3 Å². The Morgan fingerprint density at radius 2 is 1.88 bits per heavy atom. The predicted molar refractivity (Wildman–Crippen MR) is 122 cm³/mol. The van der Waals surface area contributed by atoms with Gasteiger partial charge in [0.25, 0.3) is 5.91 Å². The van der Waals surface area contributed by atoms with Crippen molar-refractivity contribution in [2.24, 2.45) is 0 Å². The average molecular weight is 427 g/mol.